The number of anilines is 1. The number of likely N-dealkylation sites (N-methyl/N-ethyl adjacent to an activating group) is 1. The molecule has 1 amide bonds. The van der Waals surface area contributed by atoms with E-state index in [1.54, 1.807) is 58.2 Å². The molecule has 70 heavy (non-hydrogen) atoms. The van der Waals surface area contributed by atoms with Gasteiger partial charge in [0.1, 0.15) is 35.4 Å². The standard InChI is InChI=1S/C51H72N6O12S/c1-12-40-51(9,62)47-30(4)43(54-33(7)58)28(2)24-50(8,64-26-35(25-63-47)56-65-27-36-19-20-39(70-36)37-17-15-18-41(52)55-37)46(69-49-44(60)38(57(10)11)22-29(3)66-49)31(5)45(32(6)48(61)67-40)68-42(59)23-34-16-13-14-21-53-34/h13-21,29-32,38,40,44-47,49,60,62H,12,22-27H2,1-11H3,(H2,52,55)(H,54,58)/t29-,30+,31+,32-,38+,40-,44-,45+,46-,47-,49+,50-,51-/m1/s1. The molecule has 6 heterocycles. The van der Waals surface area contributed by atoms with Gasteiger partial charge in [0.15, 0.2) is 12.9 Å². The third-order valence-electron chi connectivity index (χ3n) is 13.6. The highest BCUT2D eigenvalue weighted by atomic mass is 32.1. The smallest absolute Gasteiger partial charge is 0.312 e. The van der Waals surface area contributed by atoms with E-state index in [0.717, 1.165) is 15.4 Å². The number of oxime groups is 1. The minimum atomic E-state index is -1.89. The Labute approximate surface area is 415 Å². The van der Waals surface area contributed by atoms with Gasteiger partial charge in [-0.25, -0.2) is 4.98 Å². The van der Waals surface area contributed by atoms with Gasteiger partial charge in [0.2, 0.25) is 5.91 Å². The molecule has 6 rings (SSSR count). The number of nitrogens with two attached hydrogens (primary N) is 1. The third-order valence-corrected chi connectivity index (χ3v) is 14.7. The molecule has 0 radical (unpaired) electrons. The summed E-state index contributed by atoms with van der Waals surface area (Å²) in [5.41, 5.74) is 5.19. The highest BCUT2D eigenvalue weighted by Crippen LogP contribution is 2.42. The fourth-order valence-electron chi connectivity index (χ4n) is 10.0. The zero-order chi connectivity index (χ0) is 51.1. The Morgan fingerprint density at radius 2 is 1.81 bits per heavy atom. The summed E-state index contributed by atoms with van der Waals surface area (Å²) in [6.07, 6.45) is -5.24. The molecule has 384 valence electrons. The zero-order valence-corrected chi connectivity index (χ0v) is 43.1. The molecular formula is C51H72N6O12S. The summed E-state index contributed by atoms with van der Waals surface area (Å²) in [6, 6.07) is 14.1. The second-order valence-electron chi connectivity index (χ2n) is 19.6. The lowest BCUT2D eigenvalue weighted by molar-refractivity contribution is -0.301. The minimum absolute atomic E-state index is 0.0705. The van der Waals surface area contributed by atoms with Crippen molar-refractivity contribution in [1.29, 1.82) is 0 Å². The highest BCUT2D eigenvalue weighted by Gasteiger charge is 2.53. The van der Waals surface area contributed by atoms with E-state index >= 15 is 0 Å². The summed E-state index contributed by atoms with van der Waals surface area (Å²) in [5, 5.41) is 32.3. The summed E-state index contributed by atoms with van der Waals surface area (Å²) < 4.78 is 39.9. The number of thiophene rings is 1. The van der Waals surface area contributed by atoms with E-state index in [9.17, 15) is 24.6 Å². The average Bonchev–Trinajstić information content (AvgIpc) is 3.78. The summed E-state index contributed by atoms with van der Waals surface area (Å²) in [6.45, 7) is 15.2. The van der Waals surface area contributed by atoms with Crippen molar-refractivity contribution in [3.05, 3.63) is 76.6 Å². The van der Waals surface area contributed by atoms with E-state index in [0.29, 0.717) is 34.9 Å². The fourth-order valence-corrected chi connectivity index (χ4v) is 10.9. The summed E-state index contributed by atoms with van der Waals surface area (Å²) in [5.74, 6) is -4.15. The van der Waals surface area contributed by atoms with Gasteiger partial charge in [-0.2, -0.15) is 0 Å². The first-order chi connectivity index (χ1) is 33.1. The molecule has 0 aromatic carbocycles. The molecular weight excluding hydrogens is 921 g/mol. The highest BCUT2D eigenvalue weighted by molar-refractivity contribution is 7.15. The number of rotatable bonds is 12. The van der Waals surface area contributed by atoms with Crippen LogP contribution in [0.25, 0.3) is 10.6 Å². The van der Waals surface area contributed by atoms with Crippen LogP contribution in [0, 0.1) is 17.8 Å². The summed E-state index contributed by atoms with van der Waals surface area (Å²) in [7, 11) is 3.75. The lowest BCUT2D eigenvalue weighted by atomic mass is 9.76. The zero-order valence-electron chi connectivity index (χ0n) is 42.2. The molecule has 3 aromatic heterocycles. The molecule has 18 nitrogen and oxygen atoms in total. The molecule has 3 aliphatic rings. The number of hydrogen-bond donors (Lipinski definition) is 4. The molecule has 0 saturated carbocycles. The maximum Gasteiger partial charge on any atom is 0.312 e. The molecule has 2 bridgehead atoms. The van der Waals surface area contributed by atoms with E-state index in [1.165, 1.54) is 18.3 Å². The predicted octanol–water partition coefficient (Wildman–Crippen LogP) is 5.59. The number of carbonyl (C=O) groups excluding carboxylic acids is 3. The number of hydrogen-bond acceptors (Lipinski definition) is 18. The van der Waals surface area contributed by atoms with Gasteiger partial charge in [0, 0.05) is 48.0 Å². The molecule has 3 aliphatic heterocycles. The van der Waals surface area contributed by atoms with Crippen LogP contribution in [0.1, 0.15) is 92.1 Å². The van der Waals surface area contributed by atoms with Crippen LogP contribution < -0.4 is 11.1 Å². The van der Waals surface area contributed by atoms with Crippen LogP contribution in [0.2, 0.25) is 0 Å². The Bertz CT molecular complexity index is 2330. The van der Waals surface area contributed by atoms with E-state index in [4.69, 9.17) is 39.0 Å². The van der Waals surface area contributed by atoms with Crippen molar-refractivity contribution >= 4 is 40.7 Å². The third kappa shape index (κ3) is 13.2. The van der Waals surface area contributed by atoms with Gasteiger partial charge in [-0.1, -0.05) is 43.6 Å². The molecule has 1 fully saturated rings. The van der Waals surface area contributed by atoms with Crippen LogP contribution in [0.4, 0.5) is 5.82 Å². The number of esters is 2. The molecule has 0 unspecified atom stereocenters. The number of nitrogens with zero attached hydrogens (tertiary/aromatic N) is 4. The number of fused-ring (bicyclic) bond motifs is 4. The maximum absolute atomic E-state index is 14.7. The molecule has 1 saturated heterocycles. The van der Waals surface area contributed by atoms with E-state index in [1.807, 2.05) is 71.0 Å². The van der Waals surface area contributed by atoms with Crippen molar-refractivity contribution in [1.82, 2.24) is 20.2 Å². The molecule has 0 spiro atoms. The number of nitrogens with one attached hydrogen (secondary N) is 1. The maximum atomic E-state index is 14.7. The monoisotopic (exact) mass is 992 g/mol. The minimum Gasteiger partial charge on any atom is -0.461 e. The number of carbonyl (C=O) groups is 3. The first-order valence-corrected chi connectivity index (χ1v) is 24.8. The number of aromatic nitrogens is 2. The normalized spacial score (nSPS) is 33.1. The Morgan fingerprint density at radius 1 is 1.06 bits per heavy atom. The van der Waals surface area contributed by atoms with Gasteiger partial charge in [-0.15, -0.1) is 11.3 Å². The van der Waals surface area contributed by atoms with Gasteiger partial charge >= 0.3 is 11.9 Å². The van der Waals surface area contributed by atoms with Gasteiger partial charge in [0.25, 0.3) is 0 Å². The van der Waals surface area contributed by atoms with Crippen LogP contribution in [-0.4, -0.2) is 136 Å². The Balaban J connectivity index is 1.51. The van der Waals surface area contributed by atoms with E-state index < -0.39 is 77.7 Å². The van der Waals surface area contributed by atoms with Crippen LogP contribution in [0.15, 0.2) is 71.2 Å². The molecule has 19 heteroatoms. The molecule has 13 atom stereocenters. The molecule has 5 N–H and O–H groups in total. The molecule has 0 aliphatic carbocycles. The second kappa shape index (κ2) is 23.6. The lowest BCUT2D eigenvalue weighted by Crippen LogP contribution is -2.60. The van der Waals surface area contributed by atoms with Crippen LogP contribution in [0.3, 0.4) is 0 Å². The van der Waals surface area contributed by atoms with Crippen LogP contribution in [0.5, 0.6) is 0 Å². The first-order valence-electron chi connectivity index (χ1n) is 24.0. The van der Waals surface area contributed by atoms with Crippen molar-refractivity contribution in [2.75, 3.05) is 33.0 Å². The number of ether oxygens (including phenoxy) is 6. The number of pyridine rings is 2. The number of cyclic esters (lactones) is 1. The first kappa shape index (κ1) is 54.5. The van der Waals surface area contributed by atoms with Gasteiger partial charge in [-0.3, -0.25) is 19.4 Å². The SMILES string of the molecule is CC[C@H]1OC(=O)[C@H](C)[C@@H](OC(=O)Cc2ccccn2)[C@H](C)[C@@H](O[C@@H]2O[C@H](C)C[C@H](N(C)C)[C@H]2O)[C@@]2(C)CC(C)=C(NC(C)=O)[C@H](C)[C@@H](OCC(=NOCc3ccc(-c4cccc(N)n4)s3)CO2)[C@]1(C)O. The predicted molar refractivity (Wildman–Crippen MR) is 263 cm³/mol. The number of amides is 1. The average molecular weight is 993 g/mol. The van der Waals surface area contributed by atoms with Crippen molar-refractivity contribution in [2.24, 2.45) is 22.9 Å². The summed E-state index contributed by atoms with van der Waals surface area (Å²) in [4.78, 5) is 60.3. The Morgan fingerprint density at radius 3 is 2.49 bits per heavy atom. The Hall–Kier alpha value is -4.86. The van der Waals surface area contributed by atoms with Crippen molar-refractivity contribution in [3.8, 4) is 10.6 Å². The van der Waals surface area contributed by atoms with Crippen LogP contribution in [-0.2, 0) is 60.7 Å². The van der Waals surface area contributed by atoms with Gasteiger partial charge in [-0.05, 0) is 98.0 Å². The Kier molecular flexibility index (Phi) is 18.3. The van der Waals surface area contributed by atoms with Crippen molar-refractivity contribution in [2.45, 2.75) is 155 Å². The van der Waals surface area contributed by atoms with Gasteiger partial charge < -0.3 is 59.4 Å². The molecule has 3 aromatic rings. The second-order valence-corrected chi connectivity index (χ2v) is 20.8. The lowest BCUT2D eigenvalue weighted by Gasteiger charge is -2.48. The summed E-state index contributed by atoms with van der Waals surface area (Å²) >= 11 is 1.47. The van der Waals surface area contributed by atoms with E-state index in [-0.39, 0.29) is 57.1 Å². The van der Waals surface area contributed by atoms with Gasteiger partial charge in [0.05, 0.1) is 65.7 Å². The number of nitrogen functional groups attached to an aromatic ring is 1. The van der Waals surface area contributed by atoms with E-state index in [2.05, 4.69) is 20.4 Å². The largest absolute Gasteiger partial charge is 0.461 e. The quantitative estimate of drug-likeness (QED) is 0.128. The topological polar surface area (TPSA) is 236 Å². The number of aliphatic hydroxyl groups is 2. The van der Waals surface area contributed by atoms with Crippen molar-refractivity contribution in [3.63, 3.8) is 0 Å². The van der Waals surface area contributed by atoms with Crippen molar-refractivity contribution < 1.29 is 57.9 Å². The van der Waals surface area contributed by atoms with Crippen LogP contribution >= 0.6 is 11.3 Å². The number of aliphatic hydroxyl groups excluding tert-OH is 1. The fraction of sp³-hybridized carbons (Fsp3) is 0.608.